The molecule has 4 atom stereocenters. The number of methoxy groups -OCH3 is 1. The van der Waals surface area contributed by atoms with Gasteiger partial charge in [-0.25, -0.2) is 18.0 Å². The number of benzene rings is 4. The van der Waals surface area contributed by atoms with Crippen LogP contribution < -0.4 is 13.3 Å². The molecule has 8 rings (SSSR count). The lowest BCUT2D eigenvalue weighted by atomic mass is 9.92. The summed E-state index contributed by atoms with van der Waals surface area (Å²) in [6.45, 7) is -0.677. The molecule has 2 aliphatic carbocycles. The molecule has 2 aliphatic rings. The fourth-order valence-electron chi connectivity index (χ4n) is 8.23. The van der Waals surface area contributed by atoms with Gasteiger partial charge in [0.15, 0.2) is 0 Å². The number of esters is 2. The monoisotopic (exact) mass is 868 g/mol. The lowest BCUT2D eigenvalue weighted by molar-refractivity contribution is -0.160. The minimum atomic E-state index is -2.38. The number of nitrogens with zero attached hydrogens (tertiary/aromatic N) is 6. The maximum absolute atomic E-state index is 13.2. The highest BCUT2D eigenvalue weighted by atomic mass is 35.5. The summed E-state index contributed by atoms with van der Waals surface area (Å²) in [7, 11) is 1.60. The molecule has 0 amide bonds. The van der Waals surface area contributed by atoms with Crippen LogP contribution in [0.5, 0.6) is 5.75 Å². The second kappa shape index (κ2) is 17.9. The molecule has 6 aromatic rings. The number of hydrogen-bond donors (Lipinski definition) is 2. The van der Waals surface area contributed by atoms with Crippen LogP contribution in [-0.2, 0) is 62.8 Å². The molecular formula is C43H41ClN6O8S2. The first-order valence-corrected chi connectivity index (χ1v) is 21.8. The number of fused-ring (bicyclic) bond motifs is 2. The van der Waals surface area contributed by atoms with E-state index in [1.807, 2.05) is 72.8 Å². The molecule has 17 heteroatoms. The summed E-state index contributed by atoms with van der Waals surface area (Å²) < 4.78 is 63.2. The largest absolute Gasteiger partial charge is 0.497 e. The Kier molecular flexibility index (Phi) is 12.3. The van der Waals surface area contributed by atoms with Gasteiger partial charge in [-0.1, -0.05) is 66.2 Å². The average molecular weight is 869 g/mol. The van der Waals surface area contributed by atoms with Gasteiger partial charge in [-0.15, -0.1) is 0 Å². The van der Waals surface area contributed by atoms with E-state index >= 15 is 0 Å². The number of carbonyl (C=O) groups excluding carboxylic acids is 2. The first kappa shape index (κ1) is 41.1. The fraction of sp³-hybridized carbons (Fsp3) is 0.256. The Morgan fingerprint density at radius 3 is 1.82 bits per heavy atom. The van der Waals surface area contributed by atoms with Crippen LogP contribution in [0.25, 0.3) is 22.3 Å². The Morgan fingerprint density at radius 2 is 1.27 bits per heavy atom. The third-order valence-electron chi connectivity index (χ3n) is 11.0. The van der Waals surface area contributed by atoms with E-state index in [1.165, 1.54) is 18.0 Å². The van der Waals surface area contributed by atoms with Crippen molar-refractivity contribution < 1.29 is 36.6 Å². The number of hydrogen-bond acceptors (Lipinski definition) is 8. The number of halogens is 1. The van der Waals surface area contributed by atoms with E-state index in [9.17, 15) is 27.1 Å². The van der Waals surface area contributed by atoms with Crippen LogP contribution >= 0.6 is 11.6 Å². The molecule has 4 aromatic carbocycles. The van der Waals surface area contributed by atoms with Gasteiger partial charge < -0.3 is 9.47 Å². The van der Waals surface area contributed by atoms with Crippen molar-refractivity contribution >= 4 is 57.4 Å². The molecule has 0 fully saturated rings. The highest BCUT2D eigenvalue weighted by molar-refractivity contribution is 7.81. The summed E-state index contributed by atoms with van der Waals surface area (Å²) in [6.07, 6.45) is 6.85. The molecule has 2 N–H and O–H groups in total. The van der Waals surface area contributed by atoms with Gasteiger partial charge in [-0.05, 0) is 97.7 Å². The summed E-state index contributed by atoms with van der Waals surface area (Å²) in [5.41, 5.74) is 7.43. The maximum atomic E-state index is 13.2. The van der Waals surface area contributed by atoms with E-state index in [0.717, 1.165) is 28.0 Å². The van der Waals surface area contributed by atoms with Crippen molar-refractivity contribution in [3.8, 4) is 28.0 Å². The van der Waals surface area contributed by atoms with Crippen LogP contribution in [0.15, 0.2) is 109 Å². The van der Waals surface area contributed by atoms with Crippen LogP contribution in [0, 0.1) is 0 Å². The Morgan fingerprint density at radius 1 is 0.717 bits per heavy atom. The van der Waals surface area contributed by atoms with Crippen LogP contribution in [0.3, 0.4) is 0 Å². The van der Waals surface area contributed by atoms with Gasteiger partial charge in [0, 0.05) is 33.1 Å². The Balaban J connectivity index is 0.936. The van der Waals surface area contributed by atoms with Gasteiger partial charge >= 0.3 is 11.9 Å². The zero-order valence-corrected chi connectivity index (χ0v) is 34.8. The number of rotatable bonds is 13. The minimum absolute atomic E-state index is 0.338. The molecule has 2 aromatic heterocycles. The minimum Gasteiger partial charge on any atom is -0.497 e. The maximum Gasteiger partial charge on any atom is 0.335 e. The smallest absolute Gasteiger partial charge is 0.335 e. The molecule has 0 saturated carbocycles. The predicted octanol–water partition coefficient (Wildman–Crippen LogP) is 7.89. The summed E-state index contributed by atoms with van der Waals surface area (Å²) in [5, 5.41) is 9.48. The second-order valence-corrected chi connectivity index (χ2v) is 16.6. The van der Waals surface area contributed by atoms with Crippen molar-refractivity contribution in [2.24, 2.45) is 0 Å². The number of carbonyl (C=O) groups is 2. The molecule has 0 saturated heterocycles. The topological polar surface area (TPSA) is 169 Å². The lowest BCUT2D eigenvalue weighted by Crippen LogP contribution is -2.33. The average Bonchev–Trinajstić information content (AvgIpc) is 3.86. The summed E-state index contributed by atoms with van der Waals surface area (Å²) >= 11 is 1.63. The molecule has 0 spiro atoms. The van der Waals surface area contributed by atoms with Gasteiger partial charge in [0.2, 0.25) is 0 Å². The SMILES string of the molecule is COc1ccc(-c2cccc(N(C3CCCc4c3cnn4CC(=O)OC(=O)Cn3ncc4c3CCCC4N(c3ccc(-c4ccccc4Cl)cc3)S(=O)O)S(=O)O)c2)cc1. The summed E-state index contributed by atoms with van der Waals surface area (Å²) in [4.78, 5) is 26.3. The van der Waals surface area contributed by atoms with E-state index in [0.29, 0.717) is 77.4 Å². The van der Waals surface area contributed by atoms with Crippen LogP contribution in [0.1, 0.15) is 60.3 Å². The normalized spacial score (nSPS) is 16.9. The van der Waals surface area contributed by atoms with Gasteiger partial charge in [-0.3, -0.25) is 27.1 Å². The lowest BCUT2D eigenvalue weighted by Gasteiger charge is -2.33. The zero-order chi connectivity index (χ0) is 41.9. The second-order valence-electron chi connectivity index (χ2n) is 14.5. The molecule has 0 bridgehead atoms. The quantitative estimate of drug-likeness (QED) is 0.0662. The first-order valence-electron chi connectivity index (χ1n) is 19.3. The van der Waals surface area contributed by atoms with Crippen LogP contribution in [-0.4, -0.2) is 56.1 Å². The van der Waals surface area contributed by atoms with Gasteiger partial charge in [0.25, 0.3) is 22.5 Å². The van der Waals surface area contributed by atoms with Gasteiger partial charge in [0.1, 0.15) is 18.8 Å². The van der Waals surface area contributed by atoms with Crippen molar-refractivity contribution in [2.45, 2.75) is 63.7 Å². The summed E-state index contributed by atoms with van der Waals surface area (Å²) in [6, 6.07) is 28.7. The van der Waals surface area contributed by atoms with Crippen LogP contribution in [0.2, 0.25) is 5.02 Å². The van der Waals surface area contributed by atoms with Crippen molar-refractivity contribution in [1.82, 2.24) is 19.6 Å². The number of anilines is 2. The van der Waals surface area contributed by atoms with Crippen molar-refractivity contribution in [3.63, 3.8) is 0 Å². The Hall–Kier alpha value is -5.65. The molecule has 2 heterocycles. The van der Waals surface area contributed by atoms with E-state index in [2.05, 4.69) is 10.2 Å². The Labute approximate surface area is 356 Å². The van der Waals surface area contributed by atoms with E-state index < -0.39 is 46.6 Å². The molecule has 14 nitrogen and oxygen atoms in total. The summed E-state index contributed by atoms with van der Waals surface area (Å²) in [5.74, 6) is -0.910. The third kappa shape index (κ3) is 8.51. The number of ether oxygens (including phenoxy) is 2. The molecule has 60 heavy (non-hydrogen) atoms. The van der Waals surface area contributed by atoms with E-state index in [4.69, 9.17) is 21.1 Å². The van der Waals surface area contributed by atoms with Crippen LogP contribution in [0.4, 0.5) is 11.4 Å². The highest BCUT2D eigenvalue weighted by Gasteiger charge is 2.35. The molecule has 0 radical (unpaired) electrons. The first-order chi connectivity index (χ1) is 29.1. The number of aromatic nitrogens is 4. The van der Waals surface area contributed by atoms with E-state index in [-0.39, 0.29) is 13.1 Å². The molecule has 0 aliphatic heterocycles. The van der Waals surface area contributed by atoms with Gasteiger partial charge in [0.05, 0.1) is 43.0 Å². The Bertz CT molecular complexity index is 2580. The molecule has 310 valence electrons. The van der Waals surface area contributed by atoms with Crippen molar-refractivity contribution in [1.29, 1.82) is 0 Å². The fourth-order valence-corrected chi connectivity index (χ4v) is 9.95. The predicted molar refractivity (Wildman–Crippen MR) is 229 cm³/mol. The van der Waals surface area contributed by atoms with Crippen molar-refractivity contribution in [2.75, 3.05) is 15.7 Å². The van der Waals surface area contributed by atoms with Crippen molar-refractivity contribution in [3.05, 3.63) is 137 Å². The molecule has 4 unspecified atom stereocenters. The standard InChI is InChI=1S/C43H41ClN6O8S2/c1-57-33-21-17-28(18-22-33)30-7-4-8-32(23-30)50(60(55)56)41-14-6-12-39-36(41)25-46-48(39)27-43(52)58-42(51)26-47-38-11-5-13-40(35(38)24-45-47)49(59(53)54)31-19-15-29(16-20-31)34-9-2-3-10-37(34)44/h2-4,7-10,15-25,40-41H,5-6,11-14,26-27H2,1H3,(H,53,54)(H,55,56). The zero-order valence-electron chi connectivity index (χ0n) is 32.4. The highest BCUT2D eigenvalue weighted by Crippen LogP contribution is 2.41. The van der Waals surface area contributed by atoms with Gasteiger partial charge in [-0.2, -0.15) is 10.2 Å². The third-order valence-corrected chi connectivity index (χ3v) is 12.9. The molecular weight excluding hydrogens is 828 g/mol. The van der Waals surface area contributed by atoms with E-state index in [1.54, 1.807) is 43.8 Å².